The number of ether oxygens (including phenoxy) is 1. The third kappa shape index (κ3) is 7.11. The third-order valence-corrected chi connectivity index (χ3v) is 4.49. The van der Waals surface area contributed by atoms with Crippen LogP contribution in [0.25, 0.3) is 0 Å². The van der Waals surface area contributed by atoms with E-state index in [0.717, 1.165) is 50.7 Å². The van der Waals surface area contributed by atoms with E-state index < -0.39 is 5.60 Å². The zero-order valence-corrected chi connectivity index (χ0v) is 17.3. The normalized spacial score (nSPS) is 16.3. The highest BCUT2D eigenvalue weighted by atomic mass is 16.6. The van der Waals surface area contributed by atoms with Gasteiger partial charge < -0.3 is 20.3 Å². The van der Waals surface area contributed by atoms with E-state index in [4.69, 9.17) is 4.74 Å². The molecule has 0 unspecified atom stereocenters. The molecule has 1 fully saturated rings. The highest BCUT2D eigenvalue weighted by Crippen LogP contribution is 2.19. The molecule has 1 aliphatic heterocycles. The number of piperidine rings is 1. The van der Waals surface area contributed by atoms with E-state index in [1.807, 2.05) is 43.5 Å². The maximum absolute atomic E-state index is 12.1. The van der Waals surface area contributed by atoms with Crippen molar-refractivity contribution in [2.45, 2.75) is 52.7 Å². The number of aryl methyl sites for hydroxylation is 1. The molecule has 2 heterocycles. The Morgan fingerprint density at radius 2 is 2.04 bits per heavy atom. The molecule has 0 bridgehead atoms. The van der Waals surface area contributed by atoms with Gasteiger partial charge in [0.2, 0.25) is 0 Å². The molecule has 8 nitrogen and oxygen atoms in total. The van der Waals surface area contributed by atoms with Crippen molar-refractivity contribution in [1.29, 1.82) is 0 Å². The van der Waals surface area contributed by atoms with Crippen molar-refractivity contribution < 1.29 is 9.53 Å². The summed E-state index contributed by atoms with van der Waals surface area (Å²) in [5.74, 6) is 1.33. The highest BCUT2D eigenvalue weighted by molar-refractivity contribution is 5.79. The van der Waals surface area contributed by atoms with Gasteiger partial charge in [-0.1, -0.05) is 0 Å². The Morgan fingerprint density at radius 1 is 1.33 bits per heavy atom. The lowest BCUT2D eigenvalue weighted by molar-refractivity contribution is 0.0185. The summed E-state index contributed by atoms with van der Waals surface area (Å²) < 4.78 is 7.29. The predicted octanol–water partition coefficient (Wildman–Crippen LogP) is 2.12. The fourth-order valence-electron chi connectivity index (χ4n) is 2.95. The van der Waals surface area contributed by atoms with Gasteiger partial charge in [0, 0.05) is 39.4 Å². The summed E-state index contributed by atoms with van der Waals surface area (Å²) in [5.41, 5.74) is 0.624. The van der Waals surface area contributed by atoms with E-state index >= 15 is 0 Å². The molecule has 1 aromatic heterocycles. The van der Waals surface area contributed by atoms with Crippen LogP contribution in [0.1, 0.15) is 46.2 Å². The molecular weight excluding hydrogens is 344 g/mol. The fraction of sp³-hybridized carbons (Fsp3) is 0.737. The number of hydrogen-bond donors (Lipinski definition) is 2. The number of nitrogens with one attached hydrogen (secondary N) is 2. The van der Waals surface area contributed by atoms with E-state index in [0.29, 0.717) is 12.5 Å². The van der Waals surface area contributed by atoms with Crippen molar-refractivity contribution in [1.82, 2.24) is 25.3 Å². The van der Waals surface area contributed by atoms with Gasteiger partial charge >= 0.3 is 6.09 Å². The van der Waals surface area contributed by atoms with Crippen LogP contribution in [-0.2, 0) is 18.3 Å². The summed E-state index contributed by atoms with van der Waals surface area (Å²) >= 11 is 0. The molecule has 8 heteroatoms. The monoisotopic (exact) mass is 378 g/mol. The van der Waals surface area contributed by atoms with Crippen LogP contribution in [0.15, 0.2) is 17.3 Å². The van der Waals surface area contributed by atoms with Crippen LogP contribution in [0.3, 0.4) is 0 Å². The Hall–Kier alpha value is -2.25. The Kier molecular flexibility index (Phi) is 7.50. The van der Waals surface area contributed by atoms with Crippen molar-refractivity contribution >= 4 is 12.1 Å². The molecule has 152 valence electrons. The van der Waals surface area contributed by atoms with Crippen LogP contribution in [0.5, 0.6) is 0 Å². The number of amides is 1. The van der Waals surface area contributed by atoms with Crippen molar-refractivity contribution in [2.24, 2.45) is 18.0 Å². The zero-order chi connectivity index (χ0) is 19.9. The van der Waals surface area contributed by atoms with Crippen LogP contribution in [0.2, 0.25) is 0 Å². The quantitative estimate of drug-likeness (QED) is 0.606. The number of carbonyl (C=O) groups excluding carboxylic acids is 1. The summed E-state index contributed by atoms with van der Waals surface area (Å²) in [7, 11) is 1.92. The smallest absolute Gasteiger partial charge is 0.410 e. The summed E-state index contributed by atoms with van der Waals surface area (Å²) in [6.45, 7) is 11.5. The number of aliphatic imine (C=N–C) groups is 1. The Bertz CT molecular complexity index is 626. The van der Waals surface area contributed by atoms with Crippen LogP contribution in [-0.4, -0.2) is 58.5 Å². The number of guanidine groups is 1. The molecule has 0 aromatic carbocycles. The minimum Gasteiger partial charge on any atom is -0.444 e. The third-order valence-electron chi connectivity index (χ3n) is 4.49. The Balaban J connectivity index is 1.78. The van der Waals surface area contributed by atoms with Gasteiger partial charge in [-0.3, -0.25) is 4.68 Å². The predicted molar refractivity (Wildman–Crippen MR) is 107 cm³/mol. The second-order valence-electron chi connectivity index (χ2n) is 7.93. The van der Waals surface area contributed by atoms with Crippen LogP contribution >= 0.6 is 0 Å². The maximum atomic E-state index is 12.1. The van der Waals surface area contributed by atoms with E-state index in [1.165, 1.54) is 0 Å². The molecule has 0 spiro atoms. The highest BCUT2D eigenvalue weighted by Gasteiger charge is 2.26. The van der Waals surface area contributed by atoms with Crippen LogP contribution in [0, 0.1) is 5.92 Å². The summed E-state index contributed by atoms with van der Waals surface area (Å²) in [6, 6.07) is 1.97. The van der Waals surface area contributed by atoms with Gasteiger partial charge in [0.05, 0.1) is 12.2 Å². The first-order valence-corrected chi connectivity index (χ1v) is 9.75. The first kappa shape index (κ1) is 21.1. The molecule has 0 atom stereocenters. The maximum Gasteiger partial charge on any atom is 0.410 e. The number of rotatable bonds is 5. The van der Waals surface area contributed by atoms with E-state index in [-0.39, 0.29) is 6.09 Å². The van der Waals surface area contributed by atoms with E-state index in [9.17, 15) is 4.79 Å². The molecular formula is C19H34N6O2. The van der Waals surface area contributed by atoms with Crippen molar-refractivity contribution in [3.63, 3.8) is 0 Å². The van der Waals surface area contributed by atoms with Gasteiger partial charge in [0.25, 0.3) is 0 Å². The lowest BCUT2D eigenvalue weighted by Crippen LogP contribution is -2.45. The summed E-state index contributed by atoms with van der Waals surface area (Å²) in [6.07, 6.45) is 3.50. The van der Waals surface area contributed by atoms with Gasteiger partial charge in [-0.25, -0.2) is 9.79 Å². The van der Waals surface area contributed by atoms with Crippen molar-refractivity contribution in [2.75, 3.05) is 26.2 Å². The molecule has 1 amide bonds. The minimum atomic E-state index is -0.444. The molecule has 2 rings (SSSR count). The minimum absolute atomic E-state index is 0.208. The fourth-order valence-corrected chi connectivity index (χ4v) is 2.95. The number of carbonyl (C=O) groups is 1. The lowest BCUT2D eigenvalue weighted by Gasteiger charge is -2.33. The SMILES string of the molecule is CCNC(=NCc1ccnn1C)NCC1CCN(C(=O)OC(C)(C)C)CC1. The first-order chi connectivity index (χ1) is 12.8. The largest absolute Gasteiger partial charge is 0.444 e. The van der Waals surface area contributed by atoms with E-state index in [1.54, 1.807) is 6.20 Å². The Labute approximate surface area is 162 Å². The second kappa shape index (κ2) is 9.62. The summed E-state index contributed by atoms with van der Waals surface area (Å²) in [5, 5.41) is 10.9. The molecule has 0 aliphatic carbocycles. The van der Waals surface area contributed by atoms with Gasteiger partial charge in [-0.15, -0.1) is 0 Å². The van der Waals surface area contributed by atoms with E-state index in [2.05, 4.69) is 27.6 Å². The average molecular weight is 379 g/mol. The molecule has 0 saturated carbocycles. The van der Waals surface area contributed by atoms with Crippen LogP contribution in [0.4, 0.5) is 4.79 Å². The van der Waals surface area contributed by atoms with Crippen molar-refractivity contribution in [3.8, 4) is 0 Å². The van der Waals surface area contributed by atoms with Gasteiger partial charge in [-0.05, 0) is 52.5 Å². The zero-order valence-electron chi connectivity index (χ0n) is 17.3. The average Bonchev–Trinajstić information content (AvgIpc) is 3.01. The molecule has 1 saturated heterocycles. The molecule has 1 aromatic rings. The summed E-state index contributed by atoms with van der Waals surface area (Å²) in [4.78, 5) is 18.6. The first-order valence-electron chi connectivity index (χ1n) is 9.75. The number of hydrogen-bond acceptors (Lipinski definition) is 4. The Morgan fingerprint density at radius 3 is 2.59 bits per heavy atom. The molecule has 0 radical (unpaired) electrons. The van der Waals surface area contributed by atoms with Crippen molar-refractivity contribution in [3.05, 3.63) is 18.0 Å². The standard InChI is InChI=1S/C19H34N6O2/c1-6-20-17(22-14-16-7-10-23-24(16)5)21-13-15-8-11-25(12-9-15)18(26)27-19(2,3)4/h7,10,15H,6,8-9,11-14H2,1-5H3,(H2,20,21,22). The number of aromatic nitrogens is 2. The number of nitrogens with zero attached hydrogens (tertiary/aromatic N) is 4. The van der Waals surface area contributed by atoms with Gasteiger partial charge in [0.15, 0.2) is 5.96 Å². The number of likely N-dealkylation sites (tertiary alicyclic amines) is 1. The lowest BCUT2D eigenvalue weighted by atomic mass is 9.97. The van der Waals surface area contributed by atoms with Gasteiger partial charge in [-0.2, -0.15) is 5.10 Å². The second-order valence-corrected chi connectivity index (χ2v) is 7.93. The topological polar surface area (TPSA) is 83.8 Å². The van der Waals surface area contributed by atoms with Crippen LogP contribution < -0.4 is 10.6 Å². The molecule has 1 aliphatic rings. The molecule has 2 N–H and O–H groups in total. The molecule has 27 heavy (non-hydrogen) atoms. The van der Waals surface area contributed by atoms with Gasteiger partial charge in [0.1, 0.15) is 5.60 Å².